The molecule has 0 aromatic carbocycles. The predicted molar refractivity (Wildman–Crippen MR) is 64.2 cm³/mol. The van der Waals surface area contributed by atoms with E-state index in [0.29, 0.717) is 12.5 Å². The van der Waals surface area contributed by atoms with Crippen molar-refractivity contribution in [3.63, 3.8) is 0 Å². The summed E-state index contributed by atoms with van der Waals surface area (Å²) in [6.45, 7) is 8.55. The molecule has 4 heteroatoms. The van der Waals surface area contributed by atoms with Crippen LogP contribution < -0.4 is 0 Å². The number of unbranched alkanes of at least 4 members (excludes halogenated alkanes) is 1. The third-order valence-corrected chi connectivity index (χ3v) is 3.19. The quantitative estimate of drug-likeness (QED) is 0.631. The van der Waals surface area contributed by atoms with Crippen molar-refractivity contribution in [1.82, 2.24) is 9.80 Å². The summed E-state index contributed by atoms with van der Waals surface area (Å²) < 4.78 is 5.11. The summed E-state index contributed by atoms with van der Waals surface area (Å²) in [7, 11) is 1.75. The number of methoxy groups -OCH3 is 1. The van der Waals surface area contributed by atoms with Gasteiger partial charge in [-0.2, -0.15) is 5.26 Å². The Balaban J connectivity index is 2.20. The van der Waals surface area contributed by atoms with Crippen LogP contribution in [0, 0.1) is 11.3 Å². The molecule has 1 fully saturated rings. The van der Waals surface area contributed by atoms with E-state index in [1.165, 1.54) is 0 Å². The zero-order valence-electron chi connectivity index (χ0n) is 10.5. The minimum Gasteiger partial charge on any atom is -0.383 e. The standard InChI is InChI=1S/C12H23N3O/c1-12-11-14(6-4-3-5-13)7-8-15(12)9-10-16-2/h12H,3-4,6-11H2,1-2H3/t12-/m0/s1. The number of hydrogen-bond donors (Lipinski definition) is 0. The summed E-state index contributed by atoms with van der Waals surface area (Å²) in [5, 5.41) is 8.50. The molecule has 1 rings (SSSR count). The number of nitriles is 1. The van der Waals surface area contributed by atoms with Crippen molar-refractivity contribution in [1.29, 1.82) is 5.26 Å². The molecule has 16 heavy (non-hydrogen) atoms. The maximum atomic E-state index is 8.50. The molecule has 0 saturated carbocycles. The van der Waals surface area contributed by atoms with Crippen molar-refractivity contribution in [2.24, 2.45) is 0 Å². The lowest BCUT2D eigenvalue weighted by Crippen LogP contribution is -2.52. The van der Waals surface area contributed by atoms with Crippen LogP contribution in [0.1, 0.15) is 19.8 Å². The zero-order chi connectivity index (χ0) is 11.8. The fraction of sp³-hybridized carbons (Fsp3) is 0.917. The Morgan fingerprint density at radius 2 is 2.19 bits per heavy atom. The topological polar surface area (TPSA) is 39.5 Å². The Bertz CT molecular complexity index is 227. The Kier molecular flexibility index (Phi) is 6.39. The molecule has 0 spiro atoms. The summed E-state index contributed by atoms with van der Waals surface area (Å²) in [5.74, 6) is 0. The number of piperazine rings is 1. The monoisotopic (exact) mass is 225 g/mol. The first-order valence-electron chi connectivity index (χ1n) is 6.10. The van der Waals surface area contributed by atoms with Gasteiger partial charge in [-0.3, -0.25) is 4.90 Å². The highest BCUT2D eigenvalue weighted by Gasteiger charge is 2.22. The van der Waals surface area contributed by atoms with Crippen LogP contribution in [-0.4, -0.2) is 62.3 Å². The van der Waals surface area contributed by atoms with Crippen LogP contribution in [0.15, 0.2) is 0 Å². The molecule has 1 aliphatic rings. The molecular formula is C12H23N3O. The van der Waals surface area contributed by atoms with Gasteiger partial charge in [-0.15, -0.1) is 0 Å². The highest BCUT2D eigenvalue weighted by Crippen LogP contribution is 2.09. The van der Waals surface area contributed by atoms with Crippen molar-refractivity contribution in [2.75, 3.05) is 46.4 Å². The number of ether oxygens (including phenoxy) is 1. The molecule has 0 aromatic heterocycles. The maximum absolute atomic E-state index is 8.50. The molecule has 1 heterocycles. The molecule has 4 nitrogen and oxygen atoms in total. The normalized spacial score (nSPS) is 23.2. The summed E-state index contributed by atoms with van der Waals surface area (Å²) in [4.78, 5) is 4.94. The van der Waals surface area contributed by atoms with Gasteiger partial charge in [0.25, 0.3) is 0 Å². The van der Waals surface area contributed by atoms with E-state index in [1.54, 1.807) is 7.11 Å². The third kappa shape index (κ3) is 4.48. The van der Waals surface area contributed by atoms with Crippen molar-refractivity contribution in [3.05, 3.63) is 0 Å². The van der Waals surface area contributed by atoms with E-state index < -0.39 is 0 Å². The van der Waals surface area contributed by atoms with Crippen molar-refractivity contribution < 1.29 is 4.74 Å². The van der Waals surface area contributed by atoms with E-state index >= 15 is 0 Å². The second kappa shape index (κ2) is 7.61. The van der Waals surface area contributed by atoms with E-state index in [2.05, 4.69) is 22.8 Å². The van der Waals surface area contributed by atoms with E-state index in [4.69, 9.17) is 10.00 Å². The molecule has 0 radical (unpaired) electrons. The molecule has 1 atom stereocenters. The predicted octanol–water partition coefficient (Wildman–Crippen LogP) is 0.943. The number of nitrogens with zero attached hydrogens (tertiary/aromatic N) is 3. The first-order chi connectivity index (χ1) is 7.77. The van der Waals surface area contributed by atoms with E-state index in [0.717, 1.165) is 45.8 Å². The minimum absolute atomic E-state index is 0.603. The molecule has 0 aliphatic carbocycles. The lowest BCUT2D eigenvalue weighted by molar-refractivity contribution is 0.0587. The maximum Gasteiger partial charge on any atom is 0.0622 e. The van der Waals surface area contributed by atoms with Gasteiger partial charge in [-0.25, -0.2) is 0 Å². The Hall–Kier alpha value is -0.630. The second-order valence-electron chi connectivity index (χ2n) is 4.44. The van der Waals surface area contributed by atoms with Gasteiger partial charge < -0.3 is 9.64 Å². The Labute approximate surface area is 98.8 Å². The average Bonchev–Trinajstić information content (AvgIpc) is 2.28. The van der Waals surface area contributed by atoms with Crippen LogP contribution in [0.2, 0.25) is 0 Å². The number of hydrogen-bond acceptors (Lipinski definition) is 4. The van der Waals surface area contributed by atoms with Gasteiger partial charge in [0.05, 0.1) is 12.7 Å². The van der Waals surface area contributed by atoms with Crippen molar-refractivity contribution in [3.8, 4) is 6.07 Å². The average molecular weight is 225 g/mol. The van der Waals surface area contributed by atoms with Crippen LogP contribution >= 0.6 is 0 Å². The van der Waals surface area contributed by atoms with E-state index in [9.17, 15) is 0 Å². The Morgan fingerprint density at radius 1 is 1.38 bits per heavy atom. The fourth-order valence-corrected chi connectivity index (χ4v) is 2.20. The van der Waals surface area contributed by atoms with E-state index in [-0.39, 0.29) is 0 Å². The molecule has 0 N–H and O–H groups in total. The smallest absolute Gasteiger partial charge is 0.0622 e. The largest absolute Gasteiger partial charge is 0.383 e. The summed E-state index contributed by atoms with van der Waals surface area (Å²) >= 11 is 0. The van der Waals surface area contributed by atoms with Gasteiger partial charge in [0, 0.05) is 45.8 Å². The molecule has 0 unspecified atom stereocenters. The van der Waals surface area contributed by atoms with Gasteiger partial charge in [-0.1, -0.05) is 0 Å². The van der Waals surface area contributed by atoms with Gasteiger partial charge in [0.1, 0.15) is 0 Å². The highest BCUT2D eigenvalue weighted by atomic mass is 16.5. The lowest BCUT2D eigenvalue weighted by Gasteiger charge is -2.39. The first kappa shape index (κ1) is 13.4. The van der Waals surface area contributed by atoms with Crippen LogP contribution in [-0.2, 0) is 4.74 Å². The second-order valence-corrected chi connectivity index (χ2v) is 4.44. The van der Waals surface area contributed by atoms with Crippen LogP contribution in [0.25, 0.3) is 0 Å². The van der Waals surface area contributed by atoms with Crippen LogP contribution in [0.3, 0.4) is 0 Å². The summed E-state index contributed by atoms with van der Waals surface area (Å²) in [6, 6.07) is 2.80. The third-order valence-electron chi connectivity index (χ3n) is 3.19. The molecule has 92 valence electrons. The van der Waals surface area contributed by atoms with Gasteiger partial charge in [-0.05, 0) is 19.9 Å². The summed E-state index contributed by atoms with van der Waals surface area (Å²) in [5.41, 5.74) is 0. The molecule has 0 aromatic rings. The molecule has 0 amide bonds. The minimum atomic E-state index is 0.603. The van der Waals surface area contributed by atoms with Gasteiger partial charge >= 0.3 is 0 Å². The van der Waals surface area contributed by atoms with Crippen LogP contribution in [0.4, 0.5) is 0 Å². The van der Waals surface area contributed by atoms with Gasteiger partial charge in [0.15, 0.2) is 0 Å². The molecule has 1 saturated heterocycles. The number of rotatable bonds is 6. The highest BCUT2D eigenvalue weighted by molar-refractivity contribution is 4.79. The molecule has 0 bridgehead atoms. The van der Waals surface area contributed by atoms with Crippen molar-refractivity contribution in [2.45, 2.75) is 25.8 Å². The van der Waals surface area contributed by atoms with E-state index in [1.807, 2.05) is 0 Å². The first-order valence-corrected chi connectivity index (χ1v) is 6.10. The zero-order valence-corrected chi connectivity index (χ0v) is 10.5. The fourth-order valence-electron chi connectivity index (χ4n) is 2.20. The molecule has 1 aliphatic heterocycles. The lowest BCUT2D eigenvalue weighted by atomic mass is 10.2. The van der Waals surface area contributed by atoms with Crippen LogP contribution in [0.5, 0.6) is 0 Å². The molecular weight excluding hydrogens is 202 g/mol. The van der Waals surface area contributed by atoms with Gasteiger partial charge in [0.2, 0.25) is 0 Å². The Morgan fingerprint density at radius 3 is 2.81 bits per heavy atom. The van der Waals surface area contributed by atoms with Crippen molar-refractivity contribution >= 4 is 0 Å². The summed E-state index contributed by atoms with van der Waals surface area (Å²) in [6.07, 6.45) is 1.68. The SMILES string of the molecule is COCCN1CCN(CCCC#N)C[C@@H]1C.